The van der Waals surface area contributed by atoms with Crippen molar-refractivity contribution < 1.29 is 9.90 Å². The van der Waals surface area contributed by atoms with E-state index in [1.165, 1.54) is 6.07 Å². The Kier molecular flexibility index (Phi) is 4.58. The van der Waals surface area contributed by atoms with Gasteiger partial charge in [0.1, 0.15) is 5.75 Å². The Morgan fingerprint density at radius 1 is 1.20 bits per heavy atom. The average Bonchev–Trinajstić information content (AvgIpc) is 2.42. The molecular formula is C14H10BrCl2NO2. The Balaban J connectivity index is 2.33. The molecule has 0 heterocycles. The van der Waals surface area contributed by atoms with Crippen LogP contribution in [0.25, 0.3) is 0 Å². The molecule has 1 amide bonds. The molecule has 2 N–H and O–H groups in total. The zero-order chi connectivity index (χ0) is 14.9. The number of aromatic hydroxyl groups is 1. The third kappa shape index (κ3) is 2.92. The fraction of sp³-hybridized carbons (Fsp3) is 0.0714. The summed E-state index contributed by atoms with van der Waals surface area (Å²) in [6.07, 6.45) is 0. The van der Waals surface area contributed by atoms with Crippen molar-refractivity contribution in [2.45, 2.75) is 6.92 Å². The lowest BCUT2D eigenvalue weighted by Gasteiger charge is -2.11. The number of aryl methyl sites for hydroxylation is 1. The number of halogens is 3. The number of hydrogen-bond acceptors (Lipinski definition) is 2. The molecule has 0 aliphatic rings. The van der Waals surface area contributed by atoms with Gasteiger partial charge in [-0.3, -0.25) is 4.79 Å². The van der Waals surface area contributed by atoms with Crippen molar-refractivity contribution in [2.24, 2.45) is 0 Å². The van der Waals surface area contributed by atoms with Crippen molar-refractivity contribution in [3.05, 3.63) is 56.0 Å². The van der Waals surface area contributed by atoms with Crippen LogP contribution < -0.4 is 5.32 Å². The molecule has 2 aromatic carbocycles. The topological polar surface area (TPSA) is 49.3 Å². The Morgan fingerprint density at radius 3 is 2.60 bits per heavy atom. The monoisotopic (exact) mass is 373 g/mol. The molecule has 0 unspecified atom stereocenters. The molecule has 2 aromatic rings. The number of phenolic OH excluding ortho intramolecular Hbond substituents is 1. The number of hydrogen-bond donors (Lipinski definition) is 2. The molecular weight excluding hydrogens is 365 g/mol. The van der Waals surface area contributed by atoms with Crippen LogP contribution in [-0.4, -0.2) is 11.0 Å². The molecule has 0 fully saturated rings. The largest absolute Gasteiger partial charge is 0.507 e. The minimum Gasteiger partial charge on any atom is -0.507 e. The van der Waals surface area contributed by atoms with Gasteiger partial charge in [-0.1, -0.05) is 35.3 Å². The minimum atomic E-state index is -0.452. The molecule has 0 aliphatic heterocycles. The maximum Gasteiger partial charge on any atom is 0.259 e. The quantitative estimate of drug-likeness (QED) is 0.725. The first-order chi connectivity index (χ1) is 9.41. The third-order valence-electron chi connectivity index (χ3n) is 2.77. The summed E-state index contributed by atoms with van der Waals surface area (Å²) in [5.41, 5.74) is 1.18. The Hall–Kier alpha value is -1.23. The molecule has 0 aliphatic carbocycles. The normalized spacial score (nSPS) is 10.4. The van der Waals surface area contributed by atoms with Gasteiger partial charge in [0.25, 0.3) is 5.91 Å². The zero-order valence-electron chi connectivity index (χ0n) is 10.4. The minimum absolute atomic E-state index is 0.0515. The van der Waals surface area contributed by atoms with Crippen LogP contribution in [0, 0.1) is 6.92 Å². The average molecular weight is 375 g/mol. The highest BCUT2D eigenvalue weighted by Crippen LogP contribution is 2.36. The van der Waals surface area contributed by atoms with Gasteiger partial charge in [-0.2, -0.15) is 0 Å². The van der Waals surface area contributed by atoms with Crippen LogP contribution in [0.15, 0.2) is 34.8 Å². The van der Waals surface area contributed by atoms with E-state index in [4.69, 9.17) is 23.2 Å². The molecule has 104 valence electrons. The number of carbonyl (C=O) groups excluding carboxylic acids is 1. The van der Waals surface area contributed by atoms with Crippen molar-refractivity contribution in [1.29, 1.82) is 0 Å². The summed E-state index contributed by atoms with van der Waals surface area (Å²) in [4.78, 5) is 12.2. The molecule has 0 aromatic heterocycles. The molecule has 0 saturated carbocycles. The summed E-state index contributed by atoms with van der Waals surface area (Å²) in [7, 11) is 0. The first-order valence-electron chi connectivity index (χ1n) is 5.65. The van der Waals surface area contributed by atoms with E-state index in [1.54, 1.807) is 31.2 Å². The van der Waals surface area contributed by atoms with E-state index in [1.807, 2.05) is 0 Å². The number of anilines is 1. The highest BCUT2D eigenvalue weighted by molar-refractivity contribution is 9.10. The van der Waals surface area contributed by atoms with E-state index in [9.17, 15) is 9.90 Å². The maximum atomic E-state index is 12.2. The highest BCUT2D eigenvalue weighted by atomic mass is 79.9. The summed E-state index contributed by atoms with van der Waals surface area (Å²) in [6, 6.07) is 8.25. The Bertz CT molecular complexity index is 689. The van der Waals surface area contributed by atoms with Crippen molar-refractivity contribution in [3.63, 3.8) is 0 Å². The van der Waals surface area contributed by atoms with Crippen molar-refractivity contribution in [2.75, 3.05) is 5.32 Å². The van der Waals surface area contributed by atoms with Gasteiger partial charge in [0, 0.05) is 4.47 Å². The predicted molar refractivity (Wildman–Crippen MR) is 85.0 cm³/mol. The van der Waals surface area contributed by atoms with Crippen molar-refractivity contribution in [3.8, 4) is 5.75 Å². The second-order valence-corrected chi connectivity index (χ2v) is 5.76. The van der Waals surface area contributed by atoms with Gasteiger partial charge in [-0.25, -0.2) is 0 Å². The number of para-hydroxylation sites is 1. The van der Waals surface area contributed by atoms with E-state index in [-0.39, 0.29) is 16.3 Å². The second-order valence-electron chi connectivity index (χ2n) is 4.15. The van der Waals surface area contributed by atoms with Gasteiger partial charge >= 0.3 is 0 Å². The van der Waals surface area contributed by atoms with Gasteiger partial charge in [0.2, 0.25) is 0 Å². The molecule has 6 heteroatoms. The number of phenols is 1. The third-order valence-corrected chi connectivity index (χ3v) is 4.54. The second kappa shape index (κ2) is 6.04. The van der Waals surface area contributed by atoms with Crippen molar-refractivity contribution >= 4 is 50.7 Å². The molecule has 2 rings (SSSR count). The van der Waals surface area contributed by atoms with Crippen LogP contribution in [-0.2, 0) is 0 Å². The maximum absolute atomic E-state index is 12.2. The number of rotatable bonds is 2. The molecule has 0 bridgehead atoms. The summed E-state index contributed by atoms with van der Waals surface area (Å²) < 4.78 is 0.639. The first-order valence-corrected chi connectivity index (χ1v) is 7.20. The Labute approximate surface area is 134 Å². The van der Waals surface area contributed by atoms with Gasteiger partial charge < -0.3 is 10.4 Å². The van der Waals surface area contributed by atoms with E-state index in [0.717, 1.165) is 0 Å². The molecule has 3 nitrogen and oxygen atoms in total. The Morgan fingerprint density at radius 2 is 1.90 bits per heavy atom. The summed E-state index contributed by atoms with van der Waals surface area (Å²) >= 11 is 15.3. The molecule has 0 radical (unpaired) electrons. The fourth-order valence-electron chi connectivity index (χ4n) is 1.65. The van der Waals surface area contributed by atoms with Crippen LogP contribution in [0.1, 0.15) is 15.9 Å². The molecule has 20 heavy (non-hydrogen) atoms. The van der Waals surface area contributed by atoms with Crippen LogP contribution in [0.5, 0.6) is 5.75 Å². The molecule has 0 saturated heterocycles. The van der Waals surface area contributed by atoms with Crippen LogP contribution in [0.4, 0.5) is 5.69 Å². The zero-order valence-corrected chi connectivity index (χ0v) is 13.5. The SMILES string of the molecule is Cc1cccc(C(=O)Nc2ccc(Br)c(Cl)c2Cl)c1O. The smallest absolute Gasteiger partial charge is 0.259 e. The lowest BCUT2D eigenvalue weighted by atomic mass is 10.1. The number of benzene rings is 2. The van der Waals surface area contributed by atoms with E-state index in [0.29, 0.717) is 20.7 Å². The van der Waals surface area contributed by atoms with Crippen LogP contribution >= 0.6 is 39.1 Å². The predicted octanol–water partition coefficient (Wildman–Crippen LogP) is 5.02. The van der Waals surface area contributed by atoms with E-state index >= 15 is 0 Å². The highest BCUT2D eigenvalue weighted by Gasteiger charge is 2.15. The van der Waals surface area contributed by atoms with Gasteiger partial charge in [0.05, 0.1) is 21.3 Å². The molecule has 0 spiro atoms. The first kappa shape index (κ1) is 15.2. The number of carbonyl (C=O) groups is 1. The summed E-state index contributed by atoms with van der Waals surface area (Å²) in [5, 5.41) is 13.1. The standard InChI is InChI=1S/C14H10BrCl2NO2/c1-7-3-2-4-8(13(7)19)14(20)18-10-6-5-9(15)11(16)12(10)17/h2-6,19H,1H3,(H,18,20). The van der Waals surface area contributed by atoms with Gasteiger partial charge in [-0.05, 0) is 46.6 Å². The van der Waals surface area contributed by atoms with Gasteiger partial charge in [-0.15, -0.1) is 0 Å². The summed E-state index contributed by atoms with van der Waals surface area (Å²) in [5.74, 6) is -0.504. The van der Waals surface area contributed by atoms with Gasteiger partial charge in [0.15, 0.2) is 0 Å². The van der Waals surface area contributed by atoms with Crippen molar-refractivity contribution in [1.82, 2.24) is 0 Å². The number of amides is 1. The fourth-order valence-corrected chi connectivity index (χ4v) is 2.48. The van der Waals surface area contributed by atoms with E-state index in [2.05, 4.69) is 21.2 Å². The lowest BCUT2D eigenvalue weighted by molar-refractivity contribution is 0.102. The number of nitrogens with one attached hydrogen (secondary N) is 1. The van der Waals surface area contributed by atoms with Crippen LogP contribution in [0.3, 0.4) is 0 Å². The summed E-state index contributed by atoms with van der Waals surface area (Å²) in [6.45, 7) is 1.72. The van der Waals surface area contributed by atoms with Crippen LogP contribution in [0.2, 0.25) is 10.0 Å². The molecule has 0 atom stereocenters. The van der Waals surface area contributed by atoms with E-state index < -0.39 is 5.91 Å². The lowest BCUT2D eigenvalue weighted by Crippen LogP contribution is -2.12.